The van der Waals surface area contributed by atoms with Crippen LogP contribution in [0.4, 0.5) is 0 Å². The van der Waals surface area contributed by atoms with Crippen LogP contribution in [0.25, 0.3) is 0 Å². The molecule has 0 fully saturated rings. The fraction of sp³-hybridized carbons (Fsp3) is 0. The Bertz CT molecular complexity index is 29.5. The fourth-order valence-corrected chi connectivity index (χ4v) is 0. The van der Waals surface area contributed by atoms with Crippen molar-refractivity contribution in [3.8, 4) is 0 Å². The molecule has 0 amide bonds. The third-order valence-corrected chi connectivity index (χ3v) is 0. The van der Waals surface area contributed by atoms with Gasteiger partial charge in [0.25, 0.3) is 0 Å². The van der Waals surface area contributed by atoms with Gasteiger partial charge in [0.15, 0.2) is 0 Å². The van der Waals surface area contributed by atoms with Gasteiger partial charge in [-0.25, -0.2) is 0 Å². The van der Waals surface area contributed by atoms with Crippen molar-refractivity contribution in [3.63, 3.8) is 0 Å². The molecule has 0 aromatic rings. The van der Waals surface area contributed by atoms with E-state index in [4.69, 9.17) is 19.2 Å². The van der Waals surface area contributed by atoms with Crippen LogP contribution >= 0.6 is 0 Å². The van der Waals surface area contributed by atoms with E-state index in [0.29, 0.717) is 0 Å². The van der Waals surface area contributed by atoms with Gasteiger partial charge >= 0.3 is 0 Å². The standard InChI is InChI=1S/Ba.O4Si.2Zn/c;1-5(2,3)4;;/q;-4;;. The van der Waals surface area contributed by atoms with E-state index in [9.17, 15) is 0 Å². The normalized spacial score (nSPS) is 7.50. The smallest absolute Gasteiger partial charge is 0 e. The topological polar surface area (TPSA) is 92.2 Å². The SMILES string of the molecule is [Ba].[O-][Si]([O-])([O-])[O-].[Zn].[Zn]. The number of hydrogen-bond acceptors (Lipinski definition) is 4. The predicted octanol–water partition coefficient (Wildman–Crippen LogP) is -5.52. The van der Waals surface area contributed by atoms with Crippen LogP contribution in [0.2, 0.25) is 0 Å². The van der Waals surface area contributed by atoms with Crippen LogP contribution in [0.5, 0.6) is 0 Å². The van der Waals surface area contributed by atoms with Crippen molar-refractivity contribution in [2.75, 3.05) is 0 Å². The zero-order valence-corrected chi connectivity index (χ0v) is 15.6. The molecule has 0 aliphatic carbocycles. The van der Waals surface area contributed by atoms with Gasteiger partial charge in [0.05, 0.1) is 0 Å². The molecule has 0 rings (SSSR count). The maximum atomic E-state index is 8.58. The maximum Gasteiger partial charge on any atom is 0 e. The third-order valence-electron chi connectivity index (χ3n) is 0. The summed E-state index contributed by atoms with van der Waals surface area (Å²) in [5.74, 6) is 0. The van der Waals surface area contributed by atoms with Crippen molar-refractivity contribution < 1.29 is 58.1 Å². The summed E-state index contributed by atoms with van der Waals surface area (Å²) in [4.78, 5) is 34.3. The van der Waals surface area contributed by atoms with Crippen LogP contribution in [0, 0.1) is 0 Å². The summed E-state index contributed by atoms with van der Waals surface area (Å²) in [7, 11) is -5.61. The number of rotatable bonds is 0. The minimum absolute atomic E-state index is 0. The Labute approximate surface area is 114 Å². The van der Waals surface area contributed by atoms with Gasteiger partial charge in [-0.1, -0.05) is 0 Å². The van der Waals surface area contributed by atoms with Gasteiger partial charge < -0.3 is 28.2 Å². The van der Waals surface area contributed by atoms with Gasteiger partial charge in [-0.05, 0) is 0 Å². The predicted molar refractivity (Wildman–Crippen MR) is 11.5 cm³/mol. The summed E-state index contributed by atoms with van der Waals surface area (Å²) in [5, 5.41) is 0. The third kappa shape index (κ3) is 66.6. The van der Waals surface area contributed by atoms with Crippen LogP contribution in [-0.2, 0) is 39.0 Å². The van der Waals surface area contributed by atoms with Gasteiger partial charge in [-0.2, -0.15) is 0 Å². The molecular formula is BaO4SiZn2-4. The molecule has 0 aromatic carbocycles. The van der Waals surface area contributed by atoms with Gasteiger partial charge in [0.2, 0.25) is 0 Å². The molecule has 38 valence electrons. The van der Waals surface area contributed by atoms with Crippen molar-refractivity contribution in [3.05, 3.63) is 0 Å². The second kappa shape index (κ2) is 9.88. The van der Waals surface area contributed by atoms with E-state index in [1.165, 1.54) is 0 Å². The van der Waals surface area contributed by atoms with E-state index in [1.807, 2.05) is 0 Å². The quantitative estimate of drug-likeness (QED) is 0.403. The van der Waals surface area contributed by atoms with E-state index in [0.717, 1.165) is 0 Å². The van der Waals surface area contributed by atoms with Crippen LogP contribution in [0.15, 0.2) is 0 Å². The molecular weight excluding hydrogens is 360 g/mol. The number of hydrogen-bond donors (Lipinski definition) is 0. The Morgan fingerprint density at radius 1 is 0.750 bits per heavy atom. The molecule has 0 unspecified atom stereocenters. The van der Waals surface area contributed by atoms with Gasteiger partial charge in [-0.3, -0.25) is 0 Å². The van der Waals surface area contributed by atoms with Gasteiger partial charge in [-0.15, -0.1) is 0 Å². The molecule has 0 saturated carbocycles. The summed E-state index contributed by atoms with van der Waals surface area (Å²) in [6, 6.07) is 0. The van der Waals surface area contributed by atoms with Crippen LogP contribution < -0.4 is 19.2 Å². The average molecular weight is 360 g/mol. The van der Waals surface area contributed by atoms with Crippen molar-refractivity contribution >= 4 is 57.9 Å². The Balaban J connectivity index is -0.0000000267. The second-order valence-electron chi connectivity index (χ2n) is 0.500. The van der Waals surface area contributed by atoms with E-state index in [2.05, 4.69) is 0 Å². The first-order valence-corrected chi connectivity index (χ1v) is 2.45. The minimum atomic E-state index is -5.61. The van der Waals surface area contributed by atoms with E-state index in [1.54, 1.807) is 0 Å². The molecule has 8 heteroatoms. The van der Waals surface area contributed by atoms with Crippen LogP contribution in [-0.4, -0.2) is 57.9 Å². The van der Waals surface area contributed by atoms with Crippen LogP contribution in [0.3, 0.4) is 0 Å². The van der Waals surface area contributed by atoms with Crippen LogP contribution in [0.1, 0.15) is 0 Å². The Hall–Kier alpha value is 2.88. The second-order valence-corrected chi connectivity index (χ2v) is 1.50. The van der Waals surface area contributed by atoms with Gasteiger partial charge in [0.1, 0.15) is 0 Å². The zero-order chi connectivity index (χ0) is 4.50. The first kappa shape index (κ1) is 22.4. The molecule has 0 heterocycles. The van der Waals surface area contributed by atoms with Crippen molar-refractivity contribution in [2.24, 2.45) is 0 Å². The van der Waals surface area contributed by atoms with E-state index in [-0.39, 0.29) is 87.8 Å². The first-order valence-electron chi connectivity index (χ1n) is 0.816. The Morgan fingerprint density at radius 3 is 0.750 bits per heavy atom. The first-order chi connectivity index (χ1) is 2.00. The molecule has 0 bridgehead atoms. The van der Waals surface area contributed by atoms with E-state index < -0.39 is 9.05 Å². The van der Waals surface area contributed by atoms with Crippen molar-refractivity contribution in [2.45, 2.75) is 0 Å². The zero-order valence-electron chi connectivity index (χ0n) is 4.25. The summed E-state index contributed by atoms with van der Waals surface area (Å²) in [5.41, 5.74) is 0. The average Bonchev–Trinajstić information content (AvgIpc) is 0.722. The summed E-state index contributed by atoms with van der Waals surface area (Å²) >= 11 is 0. The molecule has 4 nitrogen and oxygen atoms in total. The van der Waals surface area contributed by atoms with Crippen molar-refractivity contribution in [1.82, 2.24) is 0 Å². The Kier molecular flexibility index (Phi) is 27.7. The molecule has 2 radical (unpaired) electrons. The molecule has 0 atom stereocenters. The van der Waals surface area contributed by atoms with Crippen molar-refractivity contribution in [1.29, 1.82) is 0 Å². The maximum absolute atomic E-state index is 8.58. The fourth-order valence-electron chi connectivity index (χ4n) is 0. The van der Waals surface area contributed by atoms with E-state index >= 15 is 0 Å². The molecule has 0 aliphatic rings. The molecule has 0 saturated heterocycles. The molecule has 0 N–H and O–H groups in total. The van der Waals surface area contributed by atoms with Gasteiger partial charge in [0, 0.05) is 87.8 Å². The largest absolute Gasteiger partial charge is 0.894 e. The molecule has 0 spiro atoms. The Morgan fingerprint density at radius 2 is 0.750 bits per heavy atom. The summed E-state index contributed by atoms with van der Waals surface area (Å²) < 4.78 is 0. The summed E-state index contributed by atoms with van der Waals surface area (Å²) in [6.45, 7) is 0. The molecule has 8 heavy (non-hydrogen) atoms. The summed E-state index contributed by atoms with van der Waals surface area (Å²) in [6.07, 6.45) is 0. The minimum Gasteiger partial charge on any atom is -0.894 e. The monoisotopic (exact) mass is 358 g/mol. The molecule has 0 aliphatic heterocycles. The molecule has 0 aromatic heterocycles.